The summed E-state index contributed by atoms with van der Waals surface area (Å²) in [7, 11) is -2.75. The fourth-order valence-electron chi connectivity index (χ4n) is 11.3. The minimum atomic E-state index is -2.75. The van der Waals surface area contributed by atoms with Crippen molar-refractivity contribution in [3.8, 4) is 11.1 Å². The molecule has 12 rings (SSSR count). The van der Waals surface area contributed by atoms with Crippen molar-refractivity contribution in [2.75, 3.05) is 4.90 Å². The van der Waals surface area contributed by atoms with E-state index in [1.54, 1.807) is 0 Å². The first-order chi connectivity index (χ1) is 33.0. The summed E-state index contributed by atoms with van der Waals surface area (Å²) in [6, 6.07) is 98.1. The van der Waals surface area contributed by atoms with Gasteiger partial charge in [-0.3, -0.25) is 0 Å². The molecule has 1 aliphatic rings. The van der Waals surface area contributed by atoms with E-state index in [0.717, 1.165) is 17.1 Å². The third-order valence-corrected chi connectivity index (χ3v) is 19.2. The summed E-state index contributed by atoms with van der Waals surface area (Å²) in [6.07, 6.45) is 0. The van der Waals surface area contributed by atoms with Gasteiger partial charge in [0.2, 0.25) is 0 Å². The lowest BCUT2D eigenvalue weighted by molar-refractivity contribution is 0.767. The molecule has 0 atom stereocenters. The van der Waals surface area contributed by atoms with Crippen LogP contribution >= 0.6 is 0 Å². The van der Waals surface area contributed by atoms with Gasteiger partial charge in [0.15, 0.2) is 0 Å². The summed E-state index contributed by atoms with van der Waals surface area (Å²) in [5.41, 5.74) is 13.0. The first kappa shape index (κ1) is 40.5. The third kappa shape index (κ3) is 6.59. The Morgan fingerprint density at radius 2 is 0.657 bits per heavy atom. The van der Waals surface area contributed by atoms with Crippen molar-refractivity contribution in [3.05, 3.63) is 294 Å². The van der Waals surface area contributed by atoms with E-state index in [1.165, 1.54) is 86.8 Å². The fraction of sp³-hybridized carbons (Fsp3) is 0.0462. The molecule has 11 aromatic carbocycles. The molecule has 0 saturated carbocycles. The standard InChI is InChI=1S/C65H49NSi/c1-46-26-40-61-62-41-27-47(2)43-64(62)65(63(61)42-46,53-32-38-60(39-33-53)67(57-20-6-3-7-21-57,58-22-8-4-9-23-58)59-24-10-5-11-25-59)52-30-36-54(37-31-52)66(55-34-28-48-16-12-14-18-50(48)44-55)56-35-29-49-17-13-15-19-51(49)45-56/h3-45H,1-2H3/q-1. The average Bonchev–Trinajstić information content (AvgIpc) is 3.67. The maximum absolute atomic E-state index is 2.75. The van der Waals surface area contributed by atoms with Crippen molar-refractivity contribution in [1.29, 1.82) is 0 Å². The van der Waals surface area contributed by atoms with Gasteiger partial charge in [-0.2, -0.15) is 20.7 Å². The number of nitrogens with zero attached hydrogens (tertiary/aromatic N) is 1. The molecule has 0 aliphatic heterocycles. The van der Waals surface area contributed by atoms with Crippen molar-refractivity contribution in [2.24, 2.45) is 0 Å². The number of benzene rings is 11. The van der Waals surface area contributed by atoms with Crippen molar-refractivity contribution in [3.63, 3.8) is 0 Å². The molecule has 0 N–H and O–H groups in total. The highest BCUT2D eigenvalue weighted by Gasteiger charge is 2.46. The van der Waals surface area contributed by atoms with Crippen LogP contribution in [0.1, 0.15) is 33.4 Å². The van der Waals surface area contributed by atoms with E-state index in [2.05, 4.69) is 280 Å². The second-order valence-corrected chi connectivity index (χ2v) is 22.0. The summed E-state index contributed by atoms with van der Waals surface area (Å²) in [5.74, 6) is 0. The van der Waals surface area contributed by atoms with Gasteiger partial charge in [0.05, 0.1) is 5.41 Å². The van der Waals surface area contributed by atoms with Crippen molar-refractivity contribution >= 4 is 67.4 Å². The topological polar surface area (TPSA) is 3.24 Å². The third-order valence-electron chi connectivity index (χ3n) is 14.4. The first-order valence-corrected chi connectivity index (χ1v) is 25.4. The van der Waals surface area contributed by atoms with Gasteiger partial charge in [-0.15, -0.1) is 0 Å². The van der Waals surface area contributed by atoms with Crippen LogP contribution in [-0.4, -0.2) is 8.07 Å². The summed E-state index contributed by atoms with van der Waals surface area (Å²) in [5, 5.41) is 10.4. The molecule has 319 valence electrons. The minimum absolute atomic E-state index is 0.576. The number of hydrogen-bond acceptors (Lipinski definition) is 1. The predicted molar refractivity (Wildman–Crippen MR) is 287 cm³/mol. The second kappa shape index (κ2) is 16.4. The molecule has 0 radical (unpaired) electrons. The van der Waals surface area contributed by atoms with E-state index in [9.17, 15) is 0 Å². The van der Waals surface area contributed by atoms with Gasteiger partial charge in [0.25, 0.3) is 0 Å². The Bertz CT molecular complexity index is 3350. The Morgan fingerprint density at radius 3 is 1.09 bits per heavy atom. The molecule has 0 heterocycles. The highest BCUT2D eigenvalue weighted by Crippen LogP contribution is 2.57. The largest absolute Gasteiger partial charge is 0.310 e. The van der Waals surface area contributed by atoms with Gasteiger partial charge >= 0.3 is 0 Å². The molecule has 0 amide bonds. The Kier molecular flexibility index (Phi) is 9.93. The monoisotopic (exact) mass is 871 g/mol. The maximum Gasteiger partial charge on any atom is 0.0713 e. The Labute approximate surface area is 394 Å². The maximum atomic E-state index is 2.47. The lowest BCUT2D eigenvalue weighted by atomic mass is 9.67. The zero-order chi connectivity index (χ0) is 45.0. The quantitative estimate of drug-likeness (QED) is 0.103. The molecule has 1 aliphatic carbocycles. The van der Waals surface area contributed by atoms with Gasteiger partial charge < -0.3 is 4.90 Å². The molecule has 2 heteroatoms. The summed E-state index contributed by atoms with van der Waals surface area (Å²) in [6.45, 7) is 4.46. The van der Waals surface area contributed by atoms with E-state index in [-0.39, 0.29) is 0 Å². The van der Waals surface area contributed by atoms with E-state index in [1.807, 2.05) is 0 Å². The minimum Gasteiger partial charge on any atom is -0.310 e. The number of anilines is 3. The smallest absolute Gasteiger partial charge is 0.0713 e. The predicted octanol–water partition coefficient (Wildman–Crippen LogP) is 13.8. The van der Waals surface area contributed by atoms with Gasteiger partial charge in [0, 0.05) is 17.1 Å². The van der Waals surface area contributed by atoms with E-state index < -0.39 is 13.5 Å². The molecule has 0 spiro atoms. The van der Waals surface area contributed by atoms with Crippen LogP contribution in [0.25, 0.3) is 32.7 Å². The molecule has 0 aromatic heterocycles. The van der Waals surface area contributed by atoms with Gasteiger partial charge in [-0.25, -0.2) is 0 Å². The van der Waals surface area contributed by atoms with Crippen LogP contribution in [-0.2, 0) is 5.41 Å². The Morgan fingerprint density at radius 1 is 0.299 bits per heavy atom. The van der Waals surface area contributed by atoms with Crippen molar-refractivity contribution in [1.82, 2.24) is 0 Å². The highest BCUT2D eigenvalue weighted by atomic mass is 28.3. The molecular formula is C65H49NSi-. The van der Waals surface area contributed by atoms with Crippen molar-refractivity contribution < 1.29 is 0 Å². The van der Waals surface area contributed by atoms with Crippen LogP contribution in [0.5, 0.6) is 0 Å². The molecule has 11 aromatic rings. The zero-order valence-corrected chi connectivity index (χ0v) is 38.8. The molecule has 0 fully saturated rings. The highest BCUT2D eigenvalue weighted by molar-refractivity contribution is 7.19. The van der Waals surface area contributed by atoms with Crippen LogP contribution in [0.4, 0.5) is 17.1 Å². The number of fused-ring (bicyclic) bond motifs is 5. The van der Waals surface area contributed by atoms with Crippen LogP contribution < -0.4 is 25.6 Å². The number of aryl methyl sites for hydroxylation is 2. The lowest BCUT2D eigenvalue weighted by Crippen LogP contribution is -2.74. The fourth-order valence-corrected chi connectivity index (χ4v) is 16.1. The molecule has 1 nitrogen and oxygen atoms in total. The Balaban J connectivity index is 1.08. The average molecular weight is 872 g/mol. The second-order valence-electron chi connectivity index (χ2n) is 18.2. The zero-order valence-electron chi connectivity index (χ0n) is 37.8. The van der Waals surface area contributed by atoms with Crippen LogP contribution in [0.3, 0.4) is 0 Å². The normalized spacial score (nSPS) is 12.7. The molecule has 67 heavy (non-hydrogen) atoms. The number of hydrogen-bond donors (Lipinski definition) is 0. The van der Waals surface area contributed by atoms with Crippen molar-refractivity contribution in [2.45, 2.75) is 19.3 Å². The van der Waals surface area contributed by atoms with Crippen LogP contribution in [0.2, 0.25) is 0 Å². The summed E-state index contributed by atoms with van der Waals surface area (Å²) < 4.78 is 0. The molecule has 0 unspecified atom stereocenters. The molecule has 0 saturated heterocycles. The van der Waals surface area contributed by atoms with Gasteiger partial charge in [0.1, 0.15) is 0 Å². The Hall–Kier alpha value is -8.04. The first-order valence-electron chi connectivity index (χ1n) is 23.4. The van der Waals surface area contributed by atoms with E-state index >= 15 is 0 Å². The molecule has 0 bridgehead atoms. The molecular weight excluding hydrogens is 823 g/mol. The summed E-state index contributed by atoms with van der Waals surface area (Å²) in [4.78, 5) is 2.41. The van der Waals surface area contributed by atoms with E-state index in [0.29, 0.717) is 0 Å². The van der Waals surface area contributed by atoms with Gasteiger partial charge in [-0.05, 0) is 113 Å². The van der Waals surface area contributed by atoms with Crippen LogP contribution in [0.15, 0.2) is 261 Å². The lowest BCUT2D eigenvalue weighted by Gasteiger charge is -2.47. The SMILES string of the molecule is Cc1ccc2c(c1)C(c1ccc(N(c3ccc4ccccc4c3)c3ccc4ccccc4c3)cc1)(c1ccc([Si-](c3ccccc3)(c3ccccc3)c3ccccc3)cc1)c1cc(C)ccc1-2. The van der Waals surface area contributed by atoms with E-state index in [4.69, 9.17) is 0 Å². The van der Waals surface area contributed by atoms with Gasteiger partial charge in [-0.1, -0.05) is 236 Å². The number of rotatable bonds is 9. The summed E-state index contributed by atoms with van der Waals surface area (Å²) >= 11 is 0. The van der Waals surface area contributed by atoms with Crippen LogP contribution in [0, 0.1) is 13.8 Å².